The predicted octanol–water partition coefficient (Wildman–Crippen LogP) is 5.28. The molecule has 8 heteroatoms. The third-order valence-electron chi connectivity index (χ3n) is 6.85. The number of nitrogens with zero attached hydrogens (tertiary/aromatic N) is 2. The molecule has 1 saturated heterocycles. The summed E-state index contributed by atoms with van der Waals surface area (Å²) < 4.78 is 25.5. The Balaban J connectivity index is 1.27. The van der Waals surface area contributed by atoms with Gasteiger partial charge < -0.3 is 24.7 Å². The smallest absolute Gasteiger partial charge is 0.250 e. The minimum atomic E-state index is -0.353. The van der Waals surface area contributed by atoms with Crippen molar-refractivity contribution in [2.24, 2.45) is 0 Å². The predicted molar refractivity (Wildman–Crippen MR) is 141 cm³/mol. The van der Waals surface area contributed by atoms with E-state index in [0.29, 0.717) is 19.6 Å². The molecule has 2 aromatic heterocycles. The lowest BCUT2D eigenvalue weighted by Crippen LogP contribution is -2.36. The van der Waals surface area contributed by atoms with Gasteiger partial charge in [-0.2, -0.15) is 0 Å². The summed E-state index contributed by atoms with van der Waals surface area (Å²) >= 11 is 0. The van der Waals surface area contributed by atoms with Gasteiger partial charge in [-0.25, -0.2) is 4.39 Å². The van der Waals surface area contributed by atoms with Crippen LogP contribution in [0.1, 0.15) is 29.7 Å². The van der Waals surface area contributed by atoms with Gasteiger partial charge in [-0.15, -0.1) is 0 Å². The van der Waals surface area contributed by atoms with Crippen LogP contribution >= 0.6 is 0 Å². The van der Waals surface area contributed by atoms with Crippen LogP contribution in [-0.2, 0) is 11.2 Å². The Kier molecular flexibility index (Phi) is 6.10. The molecule has 6 rings (SSSR count). The fraction of sp³-hybridized carbons (Fsp3) is 0.241. The second-order valence-electron chi connectivity index (χ2n) is 9.41. The first kappa shape index (κ1) is 23.2. The number of hydrogen-bond acceptors (Lipinski definition) is 6. The van der Waals surface area contributed by atoms with Crippen molar-refractivity contribution in [3.05, 3.63) is 99.9 Å². The molecule has 7 nitrogen and oxygen atoms in total. The van der Waals surface area contributed by atoms with Crippen molar-refractivity contribution in [1.29, 1.82) is 0 Å². The molecule has 0 aliphatic carbocycles. The van der Waals surface area contributed by atoms with E-state index in [-0.39, 0.29) is 17.4 Å². The molecule has 0 radical (unpaired) electrons. The van der Waals surface area contributed by atoms with Crippen LogP contribution in [0, 0.1) is 5.82 Å². The van der Waals surface area contributed by atoms with Gasteiger partial charge in [-0.05, 0) is 54.4 Å². The molecule has 2 aromatic carbocycles. The van der Waals surface area contributed by atoms with Gasteiger partial charge in [0, 0.05) is 54.3 Å². The number of pyridine rings is 2. The second kappa shape index (κ2) is 9.71. The molecule has 1 unspecified atom stereocenters. The fourth-order valence-corrected chi connectivity index (χ4v) is 4.96. The normalized spacial score (nSPS) is 15.4. The van der Waals surface area contributed by atoms with Crippen molar-refractivity contribution >= 4 is 11.4 Å². The number of aromatic nitrogens is 2. The molecule has 37 heavy (non-hydrogen) atoms. The van der Waals surface area contributed by atoms with Crippen molar-refractivity contribution in [2.75, 3.05) is 36.5 Å². The van der Waals surface area contributed by atoms with Gasteiger partial charge in [0.2, 0.25) is 5.56 Å². The van der Waals surface area contributed by atoms with Crippen LogP contribution in [0.4, 0.5) is 15.8 Å². The SMILES string of the molecule is CC(Nc1ccc2c(c1)Cc1cccc(-c3cc(N4CCOCC4)cc(=O)[nH]3)c1O2)c1cncc(F)c1. The largest absolute Gasteiger partial charge is 0.456 e. The maximum atomic E-state index is 13.6. The summed E-state index contributed by atoms with van der Waals surface area (Å²) in [6, 6.07) is 17.0. The number of ether oxygens (including phenoxy) is 2. The highest BCUT2D eigenvalue weighted by Crippen LogP contribution is 2.43. The average molecular weight is 499 g/mol. The van der Waals surface area contributed by atoms with E-state index in [1.54, 1.807) is 12.3 Å². The van der Waals surface area contributed by atoms with E-state index in [0.717, 1.165) is 63.9 Å². The summed E-state index contributed by atoms with van der Waals surface area (Å²) in [6.45, 7) is 4.78. The van der Waals surface area contributed by atoms with Crippen molar-refractivity contribution in [3.8, 4) is 22.8 Å². The van der Waals surface area contributed by atoms with Gasteiger partial charge >= 0.3 is 0 Å². The zero-order valence-electron chi connectivity index (χ0n) is 20.5. The maximum absolute atomic E-state index is 13.6. The highest BCUT2D eigenvalue weighted by molar-refractivity contribution is 5.74. The van der Waals surface area contributed by atoms with Crippen LogP contribution in [-0.4, -0.2) is 36.3 Å². The van der Waals surface area contributed by atoms with Gasteiger partial charge in [0.1, 0.15) is 17.3 Å². The lowest BCUT2D eigenvalue weighted by Gasteiger charge is -2.29. The van der Waals surface area contributed by atoms with Crippen molar-refractivity contribution < 1.29 is 13.9 Å². The second-order valence-corrected chi connectivity index (χ2v) is 9.41. The summed E-state index contributed by atoms with van der Waals surface area (Å²) in [5.74, 6) is 1.18. The first-order chi connectivity index (χ1) is 18.0. The number of hydrogen-bond donors (Lipinski definition) is 2. The minimum Gasteiger partial charge on any atom is -0.456 e. The number of rotatable bonds is 5. The quantitative estimate of drug-likeness (QED) is 0.343. The Hall–Kier alpha value is -4.17. The summed E-state index contributed by atoms with van der Waals surface area (Å²) in [7, 11) is 0. The zero-order chi connectivity index (χ0) is 25.4. The number of anilines is 2. The van der Waals surface area contributed by atoms with E-state index in [4.69, 9.17) is 9.47 Å². The Morgan fingerprint density at radius 3 is 2.76 bits per heavy atom. The van der Waals surface area contributed by atoms with Gasteiger partial charge in [0.15, 0.2) is 0 Å². The fourth-order valence-electron chi connectivity index (χ4n) is 4.96. The number of nitrogens with one attached hydrogen (secondary N) is 2. The Labute approximate surface area is 213 Å². The van der Waals surface area contributed by atoms with Crippen molar-refractivity contribution in [2.45, 2.75) is 19.4 Å². The summed E-state index contributed by atoms with van der Waals surface area (Å²) in [5.41, 5.74) is 6.10. The lowest BCUT2D eigenvalue weighted by atomic mass is 9.96. The molecular weight excluding hydrogens is 471 g/mol. The Bertz CT molecular complexity index is 1510. The number of benzene rings is 2. The number of para-hydroxylation sites is 1. The minimum absolute atomic E-state index is 0.111. The van der Waals surface area contributed by atoms with E-state index in [2.05, 4.69) is 26.3 Å². The monoisotopic (exact) mass is 498 g/mol. The molecule has 2 aliphatic rings. The van der Waals surface area contributed by atoms with Gasteiger partial charge in [0.05, 0.1) is 31.1 Å². The number of morpholine rings is 1. The third kappa shape index (κ3) is 4.80. The Morgan fingerprint density at radius 2 is 1.92 bits per heavy atom. The standard InChI is InChI=1S/C29H27FN4O3/c1-18(21-12-22(30)17-31-16-21)32-23-5-6-27-20(13-23)11-19-3-2-4-25(29(19)37-27)26-14-24(15-28(35)33-26)34-7-9-36-10-8-34/h2-6,12-18,32H,7-11H2,1H3,(H,33,35). The number of aromatic amines is 1. The van der Waals surface area contributed by atoms with Crippen LogP contribution in [0.15, 0.2) is 71.8 Å². The molecule has 1 atom stereocenters. The number of halogens is 1. The molecule has 0 saturated carbocycles. The molecule has 0 spiro atoms. The molecule has 1 fully saturated rings. The number of fused-ring (bicyclic) bond motifs is 2. The van der Waals surface area contributed by atoms with Crippen LogP contribution in [0.25, 0.3) is 11.3 Å². The summed E-state index contributed by atoms with van der Waals surface area (Å²) in [5, 5.41) is 3.42. The van der Waals surface area contributed by atoms with Gasteiger partial charge in [-0.3, -0.25) is 9.78 Å². The summed E-state index contributed by atoms with van der Waals surface area (Å²) in [4.78, 5) is 21.7. The van der Waals surface area contributed by atoms with Crippen LogP contribution in [0.5, 0.6) is 11.5 Å². The van der Waals surface area contributed by atoms with Crippen LogP contribution < -0.4 is 20.5 Å². The molecule has 2 N–H and O–H groups in total. The van der Waals surface area contributed by atoms with Crippen LogP contribution in [0.2, 0.25) is 0 Å². The molecule has 4 heterocycles. The van der Waals surface area contributed by atoms with E-state index in [1.807, 2.05) is 43.3 Å². The number of H-pyrrole nitrogens is 1. The van der Waals surface area contributed by atoms with E-state index < -0.39 is 0 Å². The van der Waals surface area contributed by atoms with E-state index in [9.17, 15) is 9.18 Å². The Morgan fingerprint density at radius 1 is 1.05 bits per heavy atom. The highest BCUT2D eigenvalue weighted by Gasteiger charge is 2.22. The van der Waals surface area contributed by atoms with Crippen molar-refractivity contribution in [3.63, 3.8) is 0 Å². The average Bonchev–Trinajstić information content (AvgIpc) is 2.91. The first-order valence-electron chi connectivity index (χ1n) is 12.4. The molecule has 4 aromatic rings. The third-order valence-corrected chi connectivity index (χ3v) is 6.85. The lowest BCUT2D eigenvalue weighted by molar-refractivity contribution is 0.122. The highest BCUT2D eigenvalue weighted by atomic mass is 19.1. The van der Waals surface area contributed by atoms with Crippen molar-refractivity contribution in [1.82, 2.24) is 9.97 Å². The molecule has 0 amide bonds. The maximum Gasteiger partial charge on any atom is 0.250 e. The zero-order valence-corrected chi connectivity index (χ0v) is 20.5. The molecule has 188 valence electrons. The molecule has 0 bridgehead atoms. The van der Waals surface area contributed by atoms with Gasteiger partial charge in [0.25, 0.3) is 0 Å². The summed E-state index contributed by atoms with van der Waals surface area (Å²) in [6.07, 6.45) is 3.56. The van der Waals surface area contributed by atoms with E-state index in [1.165, 1.54) is 12.3 Å². The van der Waals surface area contributed by atoms with Gasteiger partial charge in [-0.1, -0.05) is 12.1 Å². The van der Waals surface area contributed by atoms with Crippen LogP contribution in [0.3, 0.4) is 0 Å². The molecular formula is C29H27FN4O3. The van der Waals surface area contributed by atoms with E-state index >= 15 is 0 Å². The topological polar surface area (TPSA) is 79.5 Å². The molecule has 2 aliphatic heterocycles. The first-order valence-corrected chi connectivity index (χ1v) is 12.4.